The van der Waals surface area contributed by atoms with E-state index in [1.165, 1.54) is 6.20 Å². The largest absolute Gasteiger partial charge is 0.388 e. The Hall–Kier alpha value is -4.22. The highest BCUT2D eigenvalue weighted by Crippen LogP contribution is 2.25. The predicted octanol–water partition coefficient (Wildman–Crippen LogP) is 3.61. The summed E-state index contributed by atoms with van der Waals surface area (Å²) in [7, 11) is 0. The van der Waals surface area contributed by atoms with Gasteiger partial charge in [-0.25, -0.2) is 20.5 Å². The van der Waals surface area contributed by atoms with Crippen molar-refractivity contribution in [2.45, 2.75) is 18.7 Å². The highest BCUT2D eigenvalue weighted by molar-refractivity contribution is 5.79. The summed E-state index contributed by atoms with van der Waals surface area (Å²) in [6, 6.07) is 13.4. The lowest BCUT2D eigenvalue weighted by Gasteiger charge is -2.16. The van der Waals surface area contributed by atoms with Gasteiger partial charge in [0.25, 0.3) is 0 Å². The number of aliphatic hydroxyl groups is 1. The van der Waals surface area contributed by atoms with Gasteiger partial charge in [-0.15, -0.1) is 5.11 Å². The molecule has 3 aromatic heterocycles. The van der Waals surface area contributed by atoms with Crippen molar-refractivity contribution in [3.63, 3.8) is 0 Å². The normalized spacial score (nSPS) is 17.4. The number of nitrogens with one attached hydrogen (secondary N) is 4. The average molecular weight is 457 g/mol. The fraction of sp³-hybridized carbons (Fsp3) is 0.217. The van der Waals surface area contributed by atoms with Crippen LogP contribution in [0.2, 0.25) is 0 Å². The van der Waals surface area contributed by atoms with Gasteiger partial charge in [-0.05, 0) is 29.8 Å². The van der Waals surface area contributed by atoms with Crippen LogP contribution in [-0.4, -0.2) is 50.4 Å². The molecule has 0 spiro atoms. The zero-order valence-electron chi connectivity index (χ0n) is 18.1. The lowest BCUT2D eigenvalue weighted by atomic mass is 10.1. The highest BCUT2D eigenvalue weighted by atomic mass is 16.5. The number of aromatic nitrogens is 4. The van der Waals surface area contributed by atoms with Crippen LogP contribution in [0.5, 0.6) is 0 Å². The Morgan fingerprint density at radius 1 is 1.06 bits per heavy atom. The van der Waals surface area contributed by atoms with Gasteiger partial charge in [0.15, 0.2) is 11.6 Å². The van der Waals surface area contributed by atoms with E-state index in [-0.39, 0.29) is 11.9 Å². The van der Waals surface area contributed by atoms with Gasteiger partial charge in [-0.1, -0.05) is 12.1 Å². The van der Waals surface area contributed by atoms with E-state index in [1.807, 2.05) is 36.4 Å². The minimum atomic E-state index is -0.552. The summed E-state index contributed by atoms with van der Waals surface area (Å²) in [5, 5.41) is 24.1. The van der Waals surface area contributed by atoms with Gasteiger partial charge in [0.1, 0.15) is 5.82 Å². The minimum absolute atomic E-state index is 0.172. The Balaban J connectivity index is 1.29. The second kappa shape index (κ2) is 9.73. The summed E-state index contributed by atoms with van der Waals surface area (Å²) >= 11 is 0. The van der Waals surface area contributed by atoms with Crippen LogP contribution in [-0.2, 0) is 11.3 Å². The first-order valence-corrected chi connectivity index (χ1v) is 10.8. The topological polar surface area (TPSA) is 153 Å². The van der Waals surface area contributed by atoms with Crippen molar-refractivity contribution in [1.29, 1.82) is 5.53 Å². The van der Waals surface area contributed by atoms with Gasteiger partial charge in [0, 0.05) is 36.1 Å². The maximum Gasteiger partial charge on any atom is 0.216 e. The number of ether oxygens (including phenoxy) is 1. The molecule has 1 aliphatic rings. The van der Waals surface area contributed by atoms with Crippen molar-refractivity contribution >= 4 is 39.9 Å². The lowest BCUT2D eigenvalue weighted by Crippen LogP contribution is -2.31. The molecule has 0 saturated carbocycles. The maximum atomic E-state index is 9.95. The van der Waals surface area contributed by atoms with Crippen LogP contribution in [0.4, 0.5) is 29.0 Å². The molecule has 0 amide bonds. The molecule has 2 atom stereocenters. The minimum Gasteiger partial charge on any atom is -0.388 e. The number of aliphatic hydroxyl groups excluding tert-OH is 1. The molecule has 4 aromatic rings. The summed E-state index contributed by atoms with van der Waals surface area (Å²) in [6.45, 7) is 1.25. The Labute approximate surface area is 195 Å². The summed E-state index contributed by atoms with van der Waals surface area (Å²) in [5.74, 6) is 1.57. The number of pyridine rings is 2. The average Bonchev–Trinajstić information content (AvgIpc) is 3.27. The van der Waals surface area contributed by atoms with Crippen molar-refractivity contribution in [2.75, 3.05) is 29.2 Å². The molecule has 1 aromatic carbocycles. The standard InChI is InChI=1S/C23H23N9O2/c24-32-23-22(27-10-14-3-4-17-15(8-14)2-1-6-25-17)31-21(11-28-23)30-20-9-16(5-7-26-20)29-18-12-34-13-19(18)33/h1-9,11,18-19,24,33H,10,12-13H2,(H3,26,27,29,30,31). The van der Waals surface area contributed by atoms with E-state index >= 15 is 0 Å². The smallest absolute Gasteiger partial charge is 0.216 e. The summed E-state index contributed by atoms with van der Waals surface area (Å²) in [5.41, 5.74) is 10.2. The predicted molar refractivity (Wildman–Crippen MR) is 128 cm³/mol. The first-order chi connectivity index (χ1) is 16.7. The zero-order valence-corrected chi connectivity index (χ0v) is 18.1. The zero-order chi connectivity index (χ0) is 23.3. The molecule has 11 nitrogen and oxygen atoms in total. The van der Waals surface area contributed by atoms with Crippen LogP contribution in [0.1, 0.15) is 5.56 Å². The van der Waals surface area contributed by atoms with Crippen molar-refractivity contribution < 1.29 is 9.84 Å². The summed E-state index contributed by atoms with van der Waals surface area (Å²) in [4.78, 5) is 17.4. The molecule has 34 heavy (non-hydrogen) atoms. The molecule has 5 rings (SSSR count). The van der Waals surface area contributed by atoms with Gasteiger partial charge >= 0.3 is 0 Å². The van der Waals surface area contributed by atoms with Gasteiger partial charge in [-0.3, -0.25) is 4.98 Å². The van der Waals surface area contributed by atoms with Gasteiger partial charge in [0.05, 0.1) is 37.1 Å². The Bertz CT molecular complexity index is 1320. The molecule has 11 heteroatoms. The van der Waals surface area contributed by atoms with Crippen molar-refractivity contribution in [1.82, 2.24) is 19.9 Å². The highest BCUT2D eigenvalue weighted by Gasteiger charge is 2.25. The first-order valence-electron chi connectivity index (χ1n) is 10.8. The Morgan fingerprint density at radius 3 is 2.85 bits per heavy atom. The van der Waals surface area contributed by atoms with Gasteiger partial charge < -0.3 is 25.8 Å². The third-order valence-electron chi connectivity index (χ3n) is 5.41. The SMILES string of the molecule is N=Nc1ncc(Nc2cc(NC3COCC3O)ccn2)nc1NCc1ccc2ncccc2c1. The van der Waals surface area contributed by atoms with Crippen molar-refractivity contribution in [2.24, 2.45) is 5.11 Å². The third-order valence-corrected chi connectivity index (χ3v) is 5.41. The van der Waals surface area contributed by atoms with Crippen LogP contribution in [0.3, 0.4) is 0 Å². The number of rotatable bonds is 8. The van der Waals surface area contributed by atoms with Crippen molar-refractivity contribution in [3.8, 4) is 0 Å². The van der Waals surface area contributed by atoms with Crippen LogP contribution in [0.15, 0.2) is 66.2 Å². The molecule has 1 aliphatic heterocycles. The maximum absolute atomic E-state index is 9.95. The number of fused-ring (bicyclic) bond motifs is 1. The number of hydrogen-bond acceptors (Lipinski definition) is 11. The number of anilines is 4. The molecule has 4 heterocycles. The van der Waals surface area contributed by atoms with E-state index in [4.69, 9.17) is 10.3 Å². The lowest BCUT2D eigenvalue weighted by molar-refractivity contribution is 0.125. The van der Waals surface area contributed by atoms with E-state index in [2.05, 4.69) is 47.1 Å². The molecule has 1 saturated heterocycles. The molecular weight excluding hydrogens is 434 g/mol. The first kappa shape index (κ1) is 21.6. The van der Waals surface area contributed by atoms with E-state index in [0.717, 1.165) is 22.2 Å². The second-order valence-electron chi connectivity index (χ2n) is 7.83. The number of benzene rings is 1. The molecule has 5 N–H and O–H groups in total. The van der Waals surface area contributed by atoms with Crippen LogP contribution >= 0.6 is 0 Å². The number of hydrogen-bond donors (Lipinski definition) is 5. The summed E-state index contributed by atoms with van der Waals surface area (Å²) < 4.78 is 5.28. The van der Waals surface area contributed by atoms with Crippen LogP contribution < -0.4 is 16.0 Å². The van der Waals surface area contributed by atoms with Gasteiger partial charge in [0.2, 0.25) is 5.82 Å². The Morgan fingerprint density at radius 2 is 2.00 bits per heavy atom. The van der Waals surface area contributed by atoms with Crippen LogP contribution in [0.25, 0.3) is 10.9 Å². The summed E-state index contributed by atoms with van der Waals surface area (Å²) in [6.07, 6.45) is 4.37. The van der Waals surface area contributed by atoms with E-state index < -0.39 is 6.10 Å². The second-order valence-corrected chi connectivity index (χ2v) is 7.83. The monoisotopic (exact) mass is 457 g/mol. The van der Waals surface area contributed by atoms with Crippen LogP contribution in [0, 0.1) is 5.53 Å². The fourth-order valence-electron chi connectivity index (χ4n) is 3.68. The van der Waals surface area contributed by atoms with Gasteiger partial charge in [-0.2, -0.15) is 0 Å². The van der Waals surface area contributed by atoms with E-state index in [9.17, 15) is 5.11 Å². The third kappa shape index (κ3) is 4.90. The Kier molecular flexibility index (Phi) is 6.19. The fourth-order valence-corrected chi connectivity index (χ4v) is 3.68. The molecule has 0 radical (unpaired) electrons. The number of nitrogens with zero attached hydrogens (tertiary/aromatic N) is 5. The quantitative estimate of drug-likeness (QED) is 0.250. The van der Waals surface area contributed by atoms with Crippen molar-refractivity contribution in [3.05, 3.63) is 66.6 Å². The van der Waals surface area contributed by atoms with E-state index in [1.54, 1.807) is 12.4 Å². The molecular formula is C23H23N9O2. The molecule has 1 fully saturated rings. The molecule has 0 bridgehead atoms. The molecule has 0 aliphatic carbocycles. The molecule has 172 valence electrons. The molecule has 2 unspecified atom stereocenters. The van der Waals surface area contributed by atoms with E-state index in [0.29, 0.717) is 37.2 Å².